The minimum absolute atomic E-state index is 0.140. The summed E-state index contributed by atoms with van der Waals surface area (Å²) in [5.74, 6) is 0.514. The zero-order chi connectivity index (χ0) is 17.8. The van der Waals surface area contributed by atoms with Crippen LogP contribution < -0.4 is 5.32 Å². The van der Waals surface area contributed by atoms with Crippen LogP contribution in [0.5, 0.6) is 0 Å². The van der Waals surface area contributed by atoms with E-state index in [0.717, 1.165) is 16.0 Å². The first-order valence-corrected chi connectivity index (χ1v) is 8.75. The van der Waals surface area contributed by atoms with E-state index in [1.165, 1.54) is 11.3 Å². The lowest BCUT2D eigenvalue weighted by atomic mass is 10.2. The minimum Gasteiger partial charge on any atom is -0.463 e. The Morgan fingerprint density at radius 1 is 1.08 bits per heavy atom. The lowest BCUT2D eigenvalue weighted by molar-refractivity contribution is -0.115. The Labute approximate surface area is 153 Å². The van der Waals surface area contributed by atoms with Gasteiger partial charge in [-0.25, -0.2) is 4.98 Å². The van der Waals surface area contributed by atoms with Crippen LogP contribution in [0.4, 0.5) is 5.13 Å². The third-order valence-corrected chi connectivity index (χ3v) is 4.68. The Bertz CT molecular complexity index is 999. The quantitative estimate of drug-likeness (QED) is 0.579. The average Bonchev–Trinajstić information content (AvgIpc) is 3.33. The SMILES string of the molecule is O=C(Cc1cccnc1)Nc1nc(-c2ccco2)c(-c2ccncc2)s1. The van der Waals surface area contributed by atoms with Crippen molar-refractivity contribution in [2.24, 2.45) is 0 Å². The second-order valence-corrected chi connectivity index (χ2v) is 6.50. The van der Waals surface area contributed by atoms with Crippen LogP contribution in [-0.4, -0.2) is 20.9 Å². The highest BCUT2D eigenvalue weighted by Crippen LogP contribution is 2.38. The first-order valence-electron chi connectivity index (χ1n) is 7.93. The van der Waals surface area contributed by atoms with Crippen molar-refractivity contribution in [3.8, 4) is 21.9 Å². The molecule has 6 nitrogen and oxygen atoms in total. The number of nitrogens with one attached hydrogen (secondary N) is 1. The van der Waals surface area contributed by atoms with E-state index in [2.05, 4.69) is 20.3 Å². The summed E-state index contributed by atoms with van der Waals surface area (Å²) in [5.41, 5.74) is 2.52. The zero-order valence-corrected chi connectivity index (χ0v) is 14.4. The van der Waals surface area contributed by atoms with E-state index in [9.17, 15) is 4.79 Å². The van der Waals surface area contributed by atoms with Gasteiger partial charge in [-0.05, 0) is 41.5 Å². The molecule has 0 spiro atoms. The molecule has 4 heterocycles. The van der Waals surface area contributed by atoms with Gasteiger partial charge in [0.2, 0.25) is 5.91 Å². The molecule has 1 amide bonds. The Morgan fingerprint density at radius 2 is 1.96 bits per heavy atom. The fourth-order valence-corrected chi connectivity index (χ4v) is 3.50. The topological polar surface area (TPSA) is 80.9 Å². The number of thiazole rings is 1. The van der Waals surface area contributed by atoms with E-state index in [4.69, 9.17) is 4.42 Å². The van der Waals surface area contributed by atoms with Crippen molar-refractivity contribution < 1.29 is 9.21 Å². The lowest BCUT2D eigenvalue weighted by Gasteiger charge is -2.01. The van der Waals surface area contributed by atoms with E-state index in [-0.39, 0.29) is 12.3 Å². The van der Waals surface area contributed by atoms with Crippen molar-refractivity contribution in [3.63, 3.8) is 0 Å². The molecule has 128 valence electrons. The maximum atomic E-state index is 12.3. The van der Waals surface area contributed by atoms with Gasteiger partial charge in [0.15, 0.2) is 10.9 Å². The van der Waals surface area contributed by atoms with Gasteiger partial charge in [0.1, 0.15) is 5.69 Å². The summed E-state index contributed by atoms with van der Waals surface area (Å²) >= 11 is 1.40. The van der Waals surface area contributed by atoms with Crippen molar-refractivity contribution in [2.75, 3.05) is 5.32 Å². The van der Waals surface area contributed by atoms with Crippen LogP contribution in [0.15, 0.2) is 71.9 Å². The molecule has 0 aliphatic heterocycles. The molecule has 1 N–H and O–H groups in total. The fraction of sp³-hybridized carbons (Fsp3) is 0.0526. The summed E-state index contributed by atoms with van der Waals surface area (Å²) in [4.78, 5) is 25.9. The maximum Gasteiger partial charge on any atom is 0.230 e. The van der Waals surface area contributed by atoms with Crippen LogP contribution in [0.25, 0.3) is 21.9 Å². The number of carbonyl (C=O) groups is 1. The predicted molar refractivity (Wildman–Crippen MR) is 99.6 cm³/mol. The third kappa shape index (κ3) is 3.52. The van der Waals surface area contributed by atoms with Gasteiger partial charge >= 0.3 is 0 Å². The van der Waals surface area contributed by atoms with Gasteiger partial charge in [-0.2, -0.15) is 0 Å². The predicted octanol–water partition coefficient (Wildman–Crippen LogP) is 4.04. The summed E-state index contributed by atoms with van der Waals surface area (Å²) in [7, 11) is 0. The molecule has 0 atom stereocenters. The molecule has 7 heteroatoms. The Morgan fingerprint density at radius 3 is 2.69 bits per heavy atom. The molecule has 0 saturated carbocycles. The van der Waals surface area contributed by atoms with E-state index >= 15 is 0 Å². The van der Waals surface area contributed by atoms with Crippen molar-refractivity contribution in [3.05, 3.63) is 73.0 Å². The molecule has 4 aromatic heterocycles. The number of pyridine rings is 2. The van der Waals surface area contributed by atoms with Crippen LogP contribution in [0.3, 0.4) is 0 Å². The minimum atomic E-state index is -0.140. The number of nitrogens with zero attached hydrogens (tertiary/aromatic N) is 3. The second kappa shape index (κ2) is 7.28. The second-order valence-electron chi connectivity index (χ2n) is 5.50. The molecular formula is C19H14N4O2S. The van der Waals surface area contributed by atoms with E-state index < -0.39 is 0 Å². The highest BCUT2D eigenvalue weighted by atomic mass is 32.1. The fourth-order valence-electron chi connectivity index (χ4n) is 2.50. The van der Waals surface area contributed by atoms with Crippen molar-refractivity contribution in [1.82, 2.24) is 15.0 Å². The molecule has 0 unspecified atom stereocenters. The van der Waals surface area contributed by atoms with Gasteiger partial charge in [-0.15, -0.1) is 0 Å². The maximum absolute atomic E-state index is 12.3. The first-order chi connectivity index (χ1) is 12.8. The standard InChI is InChI=1S/C19H14N4O2S/c24-16(11-13-3-1-7-21-12-13)22-19-23-17(15-4-2-10-25-15)18(26-19)14-5-8-20-9-6-14/h1-10,12H,11H2,(H,22,23,24). The van der Waals surface area contributed by atoms with Crippen LogP contribution in [0.1, 0.15) is 5.56 Å². The Balaban J connectivity index is 1.62. The number of hydrogen-bond acceptors (Lipinski definition) is 6. The highest BCUT2D eigenvalue weighted by Gasteiger charge is 2.18. The summed E-state index contributed by atoms with van der Waals surface area (Å²) in [5, 5.41) is 3.39. The molecule has 0 aromatic carbocycles. The number of anilines is 1. The molecule has 26 heavy (non-hydrogen) atoms. The summed E-state index contributed by atoms with van der Waals surface area (Å²) in [6.07, 6.45) is 8.65. The van der Waals surface area contributed by atoms with Gasteiger partial charge < -0.3 is 9.73 Å². The molecule has 4 aromatic rings. The molecule has 0 aliphatic carbocycles. The third-order valence-electron chi connectivity index (χ3n) is 3.66. The molecular weight excluding hydrogens is 348 g/mol. The summed E-state index contributed by atoms with van der Waals surface area (Å²) < 4.78 is 5.50. The number of amides is 1. The number of aromatic nitrogens is 3. The molecule has 0 saturated heterocycles. The molecule has 0 fully saturated rings. The van der Waals surface area contributed by atoms with Gasteiger partial charge in [0.25, 0.3) is 0 Å². The van der Waals surface area contributed by atoms with Crippen molar-refractivity contribution in [2.45, 2.75) is 6.42 Å². The largest absolute Gasteiger partial charge is 0.463 e. The monoisotopic (exact) mass is 362 g/mol. The smallest absolute Gasteiger partial charge is 0.230 e. The highest BCUT2D eigenvalue weighted by molar-refractivity contribution is 7.19. The number of furan rings is 1. The van der Waals surface area contributed by atoms with Gasteiger partial charge in [-0.3, -0.25) is 14.8 Å². The molecule has 0 radical (unpaired) electrons. The molecule has 4 rings (SSSR count). The molecule has 0 bridgehead atoms. The summed E-state index contributed by atoms with van der Waals surface area (Å²) in [6.45, 7) is 0. The van der Waals surface area contributed by atoms with Crippen LogP contribution >= 0.6 is 11.3 Å². The normalized spacial score (nSPS) is 10.6. The van der Waals surface area contributed by atoms with Gasteiger partial charge in [0, 0.05) is 24.8 Å². The van der Waals surface area contributed by atoms with E-state index in [1.54, 1.807) is 31.1 Å². The number of rotatable bonds is 5. The Kier molecular flexibility index (Phi) is 4.53. The van der Waals surface area contributed by atoms with Crippen LogP contribution in [0.2, 0.25) is 0 Å². The Hall–Kier alpha value is -3.32. The lowest BCUT2D eigenvalue weighted by Crippen LogP contribution is -2.14. The van der Waals surface area contributed by atoms with Crippen LogP contribution in [0, 0.1) is 0 Å². The summed E-state index contributed by atoms with van der Waals surface area (Å²) in [6, 6.07) is 11.1. The van der Waals surface area contributed by atoms with E-state index in [0.29, 0.717) is 16.6 Å². The first kappa shape index (κ1) is 16.2. The van der Waals surface area contributed by atoms with Gasteiger partial charge in [0.05, 0.1) is 17.6 Å². The average molecular weight is 362 g/mol. The van der Waals surface area contributed by atoms with E-state index in [1.807, 2.05) is 36.4 Å². The number of hydrogen-bond donors (Lipinski definition) is 1. The number of carbonyl (C=O) groups excluding carboxylic acids is 1. The van der Waals surface area contributed by atoms with Gasteiger partial charge in [-0.1, -0.05) is 17.4 Å². The van der Waals surface area contributed by atoms with Crippen molar-refractivity contribution in [1.29, 1.82) is 0 Å². The van der Waals surface area contributed by atoms with Crippen LogP contribution in [-0.2, 0) is 11.2 Å². The van der Waals surface area contributed by atoms with Crippen molar-refractivity contribution >= 4 is 22.4 Å². The zero-order valence-electron chi connectivity index (χ0n) is 13.6. The molecule has 0 aliphatic rings.